The molecule has 3 rings (SSSR count). The summed E-state index contributed by atoms with van der Waals surface area (Å²) in [6, 6.07) is 23.6. The molecule has 0 saturated carbocycles. The second-order valence-corrected chi connectivity index (χ2v) is 5.77. The smallest absolute Gasteiger partial charge is 0.0578 e. The molecule has 0 fully saturated rings. The summed E-state index contributed by atoms with van der Waals surface area (Å²) in [5.41, 5.74) is 3.67. The Labute approximate surface area is 123 Å². The average molecular weight is 279 g/mol. The van der Waals surface area contributed by atoms with Gasteiger partial charge in [-0.1, -0.05) is 54.6 Å². The van der Waals surface area contributed by atoms with E-state index in [0.717, 1.165) is 0 Å². The van der Waals surface area contributed by atoms with Gasteiger partial charge in [-0.25, -0.2) is 0 Å². The van der Waals surface area contributed by atoms with Gasteiger partial charge in [0.25, 0.3) is 0 Å². The maximum atomic E-state index is 3.62. The number of benzene rings is 2. The van der Waals surface area contributed by atoms with Crippen LogP contribution in [0.5, 0.6) is 0 Å². The summed E-state index contributed by atoms with van der Waals surface area (Å²) < 4.78 is 0. The highest BCUT2D eigenvalue weighted by Crippen LogP contribution is 2.31. The molecule has 0 radical (unpaired) electrons. The van der Waals surface area contributed by atoms with Crippen LogP contribution in [-0.2, 0) is 0 Å². The average Bonchev–Trinajstić information content (AvgIpc) is 3.03. The van der Waals surface area contributed by atoms with Gasteiger partial charge in [0.15, 0.2) is 0 Å². The summed E-state index contributed by atoms with van der Waals surface area (Å²) in [5, 5.41) is 5.74. The van der Waals surface area contributed by atoms with Crippen LogP contribution < -0.4 is 5.32 Å². The summed E-state index contributed by atoms with van der Waals surface area (Å²) in [6.45, 7) is 2.20. The normalized spacial score (nSPS) is 12.1. The van der Waals surface area contributed by atoms with E-state index in [1.54, 1.807) is 11.3 Å². The van der Waals surface area contributed by atoms with Crippen LogP contribution in [0.15, 0.2) is 72.1 Å². The van der Waals surface area contributed by atoms with Crippen LogP contribution in [0, 0.1) is 0 Å². The molecule has 20 heavy (non-hydrogen) atoms. The molecule has 1 N–H and O–H groups in total. The monoisotopic (exact) mass is 279 g/mol. The zero-order valence-electron chi connectivity index (χ0n) is 11.4. The van der Waals surface area contributed by atoms with Gasteiger partial charge in [0.05, 0.1) is 6.04 Å². The summed E-state index contributed by atoms with van der Waals surface area (Å²) >= 11 is 1.79. The van der Waals surface area contributed by atoms with Crippen molar-refractivity contribution in [2.24, 2.45) is 0 Å². The summed E-state index contributed by atoms with van der Waals surface area (Å²) in [5.74, 6) is 0. The van der Waals surface area contributed by atoms with Gasteiger partial charge in [-0.15, -0.1) is 11.3 Å². The third-order valence-corrected chi connectivity index (χ3v) is 4.41. The zero-order valence-corrected chi connectivity index (χ0v) is 12.2. The molecule has 1 heterocycles. The van der Waals surface area contributed by atoms with Gasteiger partial charge in [-0.3, -0.25) is 0 Å². The van der Waals surface area contributed by atoms with E-state index in [1.165, 1.54) is 21.7 Å². The van der Waals surface area contributed by atoms with Gasteiger partial charge in [-0.2, -0.15) is 0 Å². The molecule has 0 saturated heterocycles. The highest BCUT2D eigenvalue weighted by molar-refractivity contribution is 7.10. The molecule has 3 aromatic rings. The third kappa shape index (κ3) is 2.75. The van der Waals surface area contributed by atoms with Crippen molar-refractivity contribution >= 4 is 17.0 Å². The van der Waals surface area contributed by atoms with Crippen molar-refractivity contribution in [1.29, 1.82) is 0 Å². The first-order valence-electron chi connectivity index (χ1n) is 6.79. The minimum absolute atomic E-state index is 0.319. The Morgan fingerprint density at radius 1 is 0.850 bits per heavy atom. The Bertz CT molecular complexity index is 659. The lowest BCUT2D eigenvalue weighted by molar-refractivity contribution is 0.909. The fraction of sp³-hybridized carbons (Fsp3) is 0.111. The lowest BCUT2D eigenvalue weighted by atomic mass is 10.0. The number of nitrogens with one attached hydrogen (secondary N) is 1. The van der Waals surface area contributed by atoms with E-state index in [1.807, 2.05) is 6.07 Å². The number of hydrogen-bond donors (Lipinski definition) is 1. The molecule has 0 aliphatic heterocycles. The van der Waals surface area contributed by atoms with Crippen molar-refractivity contribution in [3.8, 4) is 11.1 Å². The summed E-state index contributed by atoms with van der Waals surface area (Å²) in [6.07, 6.45) is 0. The molecule has 1 atom stereocenters. The van der Waals surface area contributed by atoms with Crippen molar-refractivity contribution in [3.05, 3.63) is 77.0 Å². The van der Waals surface area contributed by atoms with Crippen LogP contribution in [0.3, 0.4) is 0 Å². The van der Waals surface area contributed by atoms with Crippen molar-refractivity contribution in [2.45, 2.75) is 13.0 Å². The molecule has 2 heteroatoms. The Morgan fingerprint density at radius 2 is 1.60 bits per heavy atom. The summed E-state index contributed by atoms with van der Waals surface area (Å²) in [7, 11) is 0. The molecule has 0 aliphatic rings. The topological polar surface area (TPSA) is 12.0 Å². The van der Waals surface area contributed by atoms with Crippen molar-refractivity contribution < 1.29 is 0 Å². The minimum atomic E-state index is 0.319. The van der Waals surface area contributed by atoms with Crippen LogP contribution in [0.25, 0.3) is 11.1 Å². The van der Waals surface area contributed by atoms with Gasteiger partial charge >= 0.3 is 0 Å². The van der Waals surface area contributed by atoms with Crippen molar-refractivity contribution in [3.63, 3.8) is 0 Å². The van der Waals surface area contributed by atoms with Gasteiger partial charge in [0.2, 0.25) is 0 Å². The number of anilines is 1. The maximum absolute atomic E-state index is 3.62. The van der Waals surface area contributed by atoms with Gasteiger partial charge in [-0.05, 0) is 30.0 Å². The Balaban J connectivity index is 1.91. The molecule has 0 spiro atoms. The van der Waals surface area contributed by atoms with E-state index in [9.17, 15) is 0 Å². The van der Waals surface area contributed by atoms with Crippen molar-refractivity contribution in [1.82, 2.24) is 0 Å². The van der Waals surface area contributed by atoms with Crippen LogP contribution in [-0.4, -0.2) is 0 Å². The van der Waals surface area contributed by atoms with Gasteiger partial charge in [0, 0.05) is 16.1 Å². The molecule has 100 valence electrons. The Kier molecular flexibility index (Phi) is 3.84. The molecule has 1 aromatic heterocycles. The number of thiophene rings is 1. The predicted molar refractivity (Wildman–Crippen MR) is 88.2 cm³/mol. The molecular formula is C18H17NS. The third-order valence-electron chi connectivity index (χ3n) is 3.35. The molecule has 0 bridgehead atoms. The lowest BCUT2D eigenvalue weighted by Gasteiger charge is -2.17. The molecule has 0 amide bonds. The second kappa shape index (κ2) is 5.93. The van der Waals surface area contributed by atoms with E-state index >= 15 is 0 Å². The van der Waals surface area contributed by atoms with E-state index in [-0.39, 0.29) is 0 Å². The van der Waals surface area contributed by atoms with Crippen LogP contribution in [0.4, 0.5) is 5.69 Å². The molecule has 1 nitrogen and oxygen atoms in total. The van der Waals surface area contributed by atoms with Crippen LogP contribution in [0.2, 0.25) is 0 Å². The quantitative estimate of drug-likeness (QED) is 0.656. The van der Waals surface area contributed by atoms with E-state index in [0.29, 0.717) is 6.04 Å². The maximum Gasteiger partial charge on any atom is 0.0578 e. The highest BCUT2D eigenvalue weighted by Gasteiger charge is 2.09. The fourth-order valence-electron chi connectivity index (χ4n) is 2.32. The van der Waals surface area contributed by atoms with Gasteiger partial charge in [0.1, 0.15) is 0 Å². The standard InChI is InChI=1S/C18H17NS/c1-14(18-12-7-13-20-18)19-17-11-6-5-10-16(17)15-8-3-2-4-9-15/h2-14,19H,1H3. The molecular weight excluding hydrogens is 262 g/mol. The largest absolute Gasteiger partial charge is 0.377 e. The highest BCUT2D eigenvalue weighted by atomic mass is 32.1. The first-order valence-corrected chi connectivity index (χ1v) is 7.67. The van der Waals surface area contributed by atoms with Crippen LogP contribution >= 0.6 is 11.3 Å². The first kappa shape index (κ1) is 12.9. The van der Waals surface area contributed by atoms with E-state index in [2.05, 4.69) is 78.3 Å². The van der Waals surface area contributed by atoms with Crippen LogP contribution in [0.1, 0.15) is 17.8 Å². The molecule has 2 aromatic carbocycles. The fourth-order valence-corrected chi connectivity index (χ4v) is 3.05. The molecule has 0 aliphatic carbocycles. The number of hydrogen-bond acceptors (Lipinski definition) is 2. The first-order chi connectivity index (χ1) is 9.84. The number of rotatable bonds is 4. The minimum Gasteiger partial charge on any atom is -0.377 e. The lowest BCUT2D eigenvalue weighted by Crippen LogP contribution is -2.05. The van der Waals surface area contributed by atoms with E-state index in [4.69, 9.17) is 0 Å². The molecule has 1 unspecified atom stereocenters. The zero-order chi connectivity index (χ0) is 13.8. The SMILES string of the molecule is CC(Nc1ccccc1-c1ccccc1)c1cccs1. The second-order valence-electron chi connectivity index (χ2n) is 4.79. The number of para-hydroxylation sites is 1. The van der Waals surface area contributed by atoms with E-state index < -0.39 is 0 Å². The summed E-state index contributed by atoms with van der Waals surface area (Å²) in [4.78, 5) is 1.35. The Morgan fingerprint density at radius 3 is 2.35 bits per heavy atom. The van der Waals surface area contributed by atoms with Crippen molar-refractivity contribution in [2.75, 3.05) is 5.32 Å². The Hall–Kier alpha value is -2.06. The van der Waals surface area contributed by atoms with Gasteiger partial charge < -0.3 is 5.32 Å². The predicted octanol–water partition coefficient (Wildman–Crippen LogP) is 5.59.